The number of amides is 1. The van der Waals surface area contributed by atoms with Crippen LogP contribution in [0.1, 0.15) is 29.4 Å². The molecule has 0 bridgehead atoms. The summed E-state index contributed by atoms with van der Waals surface area (Å²) in [7, 11) is 0. The summed E-state index contributed by atoms with van der Waals surface area (Å²) in [5.74, 6) is 0.0319. The van der Waals surface area contributed by atoms with Crippen molar-refractivity contribution < 1.29 is 4.79 Å². The van der Waals surface area contributed by atoms with Crippen molar-refractivity contribution in [2.45, 2.75) is 31.8 Å². The van der Waals surface area contributed by atoms with Gasteiger partial charge in [0.15, 0.2) is 0 Å². The normalized spacial score (nSPS) is 26.7. The molecule has 0 radical (unpaired) electrons. The fourth-order valence-corrected chi connectivity index (χ4v) is 2.39. The molecule has 2 heterocycles. The quantitative estimate of drug-likeness (QED) is 0.756. The Balaban J connectivity index is 2.08. The van der Waals surface area contributed by atoms with Gasteiger partial charge < -0.3 is 10.6 Å². The molecule has 0 aromatic carbocycles. The van der Waals surface area contributed by atoms with Gasteiger partial charge in [0.25, 0.3) is 5.91 Å². The van der Waals surface area contributed by atoms with E-state index in [0.29, 0.717) is 4.88 Å². The lowest BCUT2D eigenvalue weighted by atomic mass is 9.99. The summed E-state index contributed by atoms with van der Waals surface area (Å²) in [6, 6.07) is 0.437. The van der Waals surface area contributed by atoms with Gasteiger partial charge in [0.1, 0.15) is 4.88 Å². The third-order valence-corrected chi connectivity index (χ3v) is 3.40. The Bertz CT molecular complexity index is 340. The summed E-state index contributed by atoms with van der Waals surface area (Å²) < 4.78 is 3.70. The molecule has 5 nitrogen and oxygen atoms in total. The van der Waals surface area contributed by atoms with E-state index >= 15 is 0 Å². The van der Waals surface area contributed by atoms with Gasteiger partial charge >= 0.3 is 0 Å². The molecule has 1 aliphatic heterocycles. The second kappa shape index (κ2) is 4.24. The number of likely N-dealkylation sites (tertiary alicyclic amines) is 1. The largest absolute Gasteiger partial charge is 0.335 e. The number of nitrogens with zero attached hydrogens (tertiary/aromatic N) is 3. The summed E-state index contributed by atoms with van der Waals surface area (Å²) in [6.45, 7) is 2.77. The first kappa shape index (κ1) is 10.5. The minimum atomic E-state index is 0.0319. The molecule has 2 N–H and O–H groups in total. The van der Waals surface area contributed by atoms with Crippen molar-refractivity contribution in [2.75, 3.05) is 6.54 Å². The van der Waals surface area contributed by atoms with E-state index in [1.807, 2.05) is 11.8 Å². The third kappa shape index (κ3) is 2.15. The second-order valence-corrected chi connectivity index (χ2v) is 4.70. The highest BCUT2D eigenvalue weighted by Gasteiger charge is 2.28. The summed E-state index contributed by atoms with van der Waals surface area (Å²) in [6.07, 6.45) is 3.27. The SMILES string of the molecule is CC1CC(N)CCN1C(=O)c1cnns1. The lowest BCUT2D eigenvalue weighted by molar-refractivity contribution is 0.0624. The van der Waals surface area contributed by atoms with Crippen LogP contribution in [-0.2, 0) is 0 Å². The van der Waals surface area contributed by atoms with Crippen LogP contribution < -0.4 is 5.73 Å². The number of piperidine rings is 1. The monoisotopic (exact) mass is 226 g/mol. The van der Waals surface area contributed by atoms with E-state index in [-0.39, 0.29) is 18.0 Å². The lowest BCUT2D eigenvalue weighted by Crippen LogP contribution is -2.48. The van der Waals surface area contributed by atoms with Gasteiger partial charge in [-0.25, -0.2) is 0 Å². The van der Waals surface area contributed by atoms with Crippen LogP contribution in [0.25, 0.3) is 0 Å². The highest BCUT2D eigenvalue weighted by Crippen LogP contribution is 2.19. The van der Waals surface area contributed by atoms with Gasteiger partial charge in [-0.05, 0) is 31.3 Å². The molecule has 1 fully saturated rings. The van der Waals surface area contributed by atoms with Gasteiger partial charge in [0.2, 0.25) is 0 Å². The van der Waals surface area contributed by atoms with E-state index in [2.05, 4.69) is 9.59 Å². The Hall–Kier alpha value is -1.01. The van der Waals surface area contributed by atoms with Crippen LogP contribution in [0, 0.1) is 0 Å². The van der Waals surface area contributed by atoms with Crippen molar-refractivity contribution in [3.8, 4) is 0 Å². The molecule has 1 amide bonds. The van der Waals surface area contributed by atoms with Gasteiger partial charge in [-0.15, -0.1) is 5.10 Å². The van der Waals surface area contributed by atoms with Gasteiger partial charge in [0, 0.05) is 18.6 Å². The van der Waals surface area contributed by atoms with Crippen LogP contribution in [0.2, 0.25) is 0 Å². The first-order chi connectivity index (χ1) is 7.18. The number of rotatable bonds is 1. The molecule has 2 atom stereocenters. The fourth-order valence-electron chi connectivity index (χ4n) is 1.91. The molecule has 0 spiro atoms. The summed E-state index contributed by atoms with van der Waals surface area (Å²) >= 11 is 1.14. The lowest BCUT2D eigenvalue weighted by Gasteiger charge is -2.35. The first-order valence-electron chi connectivity index (χ1n) is 5.02. The van der Waals surface area contributed by atoms with Crippen LogP contribution in [0.15, 0.2) is 6.20 Å². The van der Waals surface area contributed by atoms with Crippen molar-refractivity contribution in [1.82, 2.24) is 14.5 Å². The molecule has 2 unspecified atom stereocenters. The molecule has 1 aromatic heterocycles. The van der Waals surface area contributed by atoms with Gasteiger partial charge in [-0.1, -0.05) is 4.49 Å². The standard InChI is InChI=1S/C9H14N4OS/c1-6-4-7(10)2-3-13(6)9(14)8-5-11-12-15-8/h5-7H,2-4,10H2,1H3. The minimum Gasteiger partial charge on any atom is -0.335 e. The molecule has 0 saturated carbocycles. The van der Waals surface area contributed by atoms with E-state index in [0.717, 1.165) is 30.9 Å². The van der Waals surface area contributed by atoms with Crippen LogP contribution >= 0.6 is 11.5 Å². The number of hydrogen-bond acceptors (Lipinski definition) is 5. The average Bonchev–Trinajstić information content (AvgIpc) is 2.69. The summed E-state index contributed by atoms with van der Waals surface area (Å²) in [5.41, 5.74) is 5.85. The van der Waals surface area contributed by atoms with Crippen molar-refractivity contribution in [3.63, 3.8) is 0 Å². The maximum atomic E-state index is 12.0. The number of carbonyl (C=O) groups is 1. The molecule has 6 heteroatoms. The number of hydrogen-bond donors (Lipinski definition) is 1. The number of carbonyl (C=O) groups excluding carboxylic acids is 1. The molecular weight excluding hydrogens is 212 g/mol. The zero-order chi connectivity index (χ0) is 10.8. The molecular formula is C9H14N4OS. The third-order valence-electron chi connectivity index (χ3n) is 2.75. The molecule has 0 aliphatic carbocycles. The highest BCUT2D eigenvalue weighted by molar-refractivity contribution is 7.07. The Morgan fingerprint density at radius 2 is 2.53 bits per heavy atom. The maximum absolute atomic E-state index is 12.0. The van der Waals surface area contributed by atoms with E-state index in [1.165, 1.54) is 6.20 Å². The number of aromatic nitrogens is 2. The summed E-state index contributed by atoms with van der Waals surface area (Å²) in [5, 5.41) is 3.67. The van der Waals surface area contributed by atoms with Crippen molar-refractivity contribution in [1.29, 1.82) is 0 Å². The highest BCUT2D eigenvalue weighted by atomic mass is 32.1. The first-order valence-corrected chi connectivity index (χ1v) is 5.79. The van der Waals surface area contributed by atoms with E-state index in [1.54, 1.807) is 0 Å². The Labute approximate surface area is 92.4 Å². The van der Waals surface area contributed by atoms with E-state index in [9.17, 15) is 4.79 Å². The molecule has 1 aliphatic rings. The average molecular weight is 226 g/mol. The topological polar surface area (TPSA) is 72.1 Å². The van der Waals surface area contributed by atoms with Crippen LogP contribution in [0.3, 0.4) is 0 Å². The maximum Gasteiger partial charge on any atom is 0.267 e. The van der Waals surface area contributed by atoms with Crippen LogP contribution in [0.5, 0.6) is 0 Å². The molecule has 15 heavy (non-hydrogen) atoms. The molecule has 2 rings (SSSR count). The van der Waals surface area contributed by atoms with E-state index < -0.39 is 0 Å². The van der Waals surface area contributed by atoms with Gasteiger partial charge in [0.05, 0.1) is 6.20 Å². The molecule has 1 saturated heterocycles. The molecule has 82 valence electrons. The van der Waals surface area contributed by atoms with Crippen molar-refractivity contribution in [2.24, 2.45) is 5.73 Å². The zero-order valence-corrected chi connectivity index (χ0v) is 9.41. The predicted octanol–water partition coefficient (Wildman–Crippen LogP) is 0.490. The van der Waals surface area contributed by atoms with Crippen molar-refractivity contribution in [3.05, 3.63) is 11.1 Å². The van der Waals surface area contributed by atoms with Crippen LogP contribution in [0.4, 0.5) is 0 Å². The Morgan fingerprint density at radius 1 is 1.73 bits per heavy atom. The fraction of sp³-hybridized carbons (Fsp3) is 0.667. The Kier molecular flexibility index (Phi) is 2.97. The van der Waals surface area contributed by atoms with Gasteiger partial charge in [-0.3, -0.25) is 4.79 Å². The predicted molar refractivity (Wildman–Crippen MR) is 57.6 cm³/mol. The smallest absolute Gasteiger partial charge is 0.267 e. The van der Waals surface area contributed by atoms with Crippen LogP contribution in [-0.4, -0.2) is 39.0 Å². The Morgan fingerprint density at radius 3 is 3.13 bits per heavy atom. The van der Waals surface area contributed by atoms with E-state index in [4.69, 9.17) is 5.73 Å². The molecule has 1 aromatic rings. The summed E-state index contributed by atoms with van der Waals surface area (Å²) in [4.78, 5) is 14.5. The minimum absolute atomic E-state index is 0.0319. The number of nitrogens with two attached hydrogens (primary N) is 1. The van der Waals surface area contributed by atoms with Gasteiger partial charge in [-0.2, -0.15) is 0 Å². The zero-order valence-electron chi connectivity index (χ0n) is 8.59. The second-order valence-electron chi connectivity index (χ2n) is 3.91. The van der Waals surface area contributed by atoms with Crippen molar-refractivity contribution >= 4 is 17.4 Å².